The van der Waals surface area contributed by atoms with Crippen LogP contribution in [0.2, 0.25) is 0 Å². The van der Waals surface area contributed by atoms with Gasteiger partial charge in [0.15, 0.2) is 13.1 Å². The van der Waals surface area contributed by atoms with E-state index in [0.717, 1.165) is 36.8 Å². The normalized spacial score (nSPS) is 14.0. The lowest BCUT2D eigenvalue weighted by Crippen LogP contribution is -2.56. The first-order valence-corrected chi connectivity index (χ1v) is 15.6. The molecule has 43 heavy (non-hydrogen) atoms. The van der Waals surface area contributed by atoms with Gasteiger partial charge in [-0.2, -0.15) is 0 Å². The Balaban J connectivity index is 0.00000206. The molecule has 0 atom stereocenters. The minimum absolute atomic E-state index is 0.0554. The van der Waals surface area contributed by atoms with Gasteiger partial charge in [-0.05, 0) is 61.4 Å². The van der Waals surface area contributed by atoms with E-state index < -0.39 is 12.4 Å². The molecule has 0 aliphatic carbocycles. The summed E-state index contributed by atoms with van der Waals surface area (Å²) < 4.78 is 5.12. The van der Waals surface area contributed by atoms with Gasteiger partial charge in [-0.3, -0.25) is 14.4 Å². The third-order valence-corrected chi connectivity index (χ3v) is 9.21. The number of likely N-dealkylation sites (tertiary alicyclic amines) is 1. The number of hydrogen-bond acceptors (Lipinski definition) is 11. The largest absolute Gasteiger partial charge is 0.554 e. The quantitative estimate of drug-likeness (QED) is 0.149. The number of carboxylic acid groups (broad SMARTS) is 1. The fourth-order valence-electron chi connectivity index (χ4n) is 5.00. The lowest BCUT2D eigenvalue weighted by molar-refractivity contribution is -0.912. The van der Waals surface area contributed by atoms with Crippen molar-refractivity contribution in [2.45, 2.75) is 39.5 Å². The maximum absolute atomic E-state index is 13.5. The highest BCUT2D eigenvalue weighted by atomic mass is 32.1. The van der Waals surface area contributed by atoms with E-state index >= 15 is 0 Å². The highest BCUT2D eigenvalue weighted by Gasteiger charge is 2.35. The fraction of sp³-hybridized carbons (Fsp3) is 0.536. The molecular weight excluding hydrogens is 600 g/mol. The van der Waals surface area contributed by atoms with Gasteiger partial charge in [0.05, 0.1) is 44.8 Å². The lowest BCUT2D eigenvalue weighted by atomic mass is 10.2. The smallest absolute Gasteiger partial charge is 0.350 e. The summed E-state index contributed by atoms with van der Waals surface area (Å²) in [4.78, 5) is 62.3. The van der Waals surface area contributed by atoms with Crippen molar-refractivity contribution in [3.63, 3.8) is 0 Å². The molecule has 0 saturated carbocycles. The molecule has 0 radical (unpaired) electrons. The van der Waals surface area contributed by atoms with Crippen LogP contribution in [0.5, 0.6) is 0 Å². The molecule has 2 aromatic rings. The maximum Gasteiger partial charge on any atom is 0.350 e. The van der Waals surface area contributed by atoms with E-state index in [1.807, 2.05) is 6.92 Å². The molecule has 1 aliphatic rings. The van der Waals surface area contributed by atoms with Crippen molar-refractivity contribution in [2.75, 3.05) is 70.2 Å². The molecule has 0 spiro atoms. The van der Waals surface area contributed by atoms with Crippen LogP contribution in [0.15, 0.2) is 10.8 Å². The van der Waals surface area contributed by atoms with E-state index in [4.69, 9.17) is 14.6 Å². The monoisotopic (exact) mass is 640 g/mol. The van der Waals surface area contributed by atoms with Crippen molar-refractivity contribution < 1.29 is 48.5 Å². The zero-order chi connectivity index (χ0) is 32.0. The maximum atomic E-state index is 13.5. The van der Waals surface area contributed by atoms with Gasteiger partial charge in [-0.25, -0.2) is 4.79 Å². The van der Waals surface area contributed by atoms with Gasteiger partial charge in [0.2, 0.25) is 0 Å². The SMILES string of the molecule is COC(=O)c1scc(C)c1NC(=O)C[N+]1(CC(=O)Nc2c(C)csc2C(=O)N(CCO)CCO)CCCCCC1.O=C[O-]. The molecule has 13 nitrogen and oxygen atoms in total. The fourth-order valence-corrected chi connectivity index (χ4v) is 6.89. The Morgan fingerprint density at radius 1 is 0.907 bits per heavy atom. The number of quaternary nitrogens is 1. The molecule has 3 rings (SSSR count). The number of thiophene rings is 2. The summed E-state index contributed by atoms with van der Waals surface area (Å²) in [6.45, 7) is 4.20. The Morgan fingerprint density at radius 2 is 1.35 bits per heavy atom. The molecule has 1 aliphatic heterocycles. The topological polar surface area (TPSA) is 185 Å². The molecule has 238 valence electrons. The Labute approximate surface area is 258 Å². The second-order valence-electron chi connectivity index (χ2n) is 10.2. The van der Waals surface area contributed by atoms with Crippen LogP contribution in [0.25, 0.3) is 0 Å². The molecule has 15 heteroatoms. The van der Waals surface area contributed by atoms with Gasteiger partial charge in [0.25, 0.3) is 17.7 Å². The summed E-state index contributed by atoms with van der Waals surface area (Å²) in [6.07, 6.45) is 3.80. The van der Waals surface area contributed by atoms with Gasteiger partial charge in [0.1, 0.15) is 9.75 Å². The number of ether oxygens (including phenoxy) is 1. The van der Waals surface area contributed by atoms with Crippen LogP contribution in [-0.2, 0) is 19.1 Å². The summed E-state index contributed by atoms with van der Waals surface area (Å²) in [5.74, 6) is -1.47. The Morgan fingerprint density at radius 3 is 1.79 bits per heavy atom. The first-order chi connectivity index (χ1) is 20.6. The van der Waals surface area contributed by atoms with Crippen LogP contribution in [0.4, 0.5) is 11.4 Å². The molecular formula is C28H40N4O9S2. The van der Waals surface area contributed by atoms with E-state index in [-0.39, 0.29) is 61.6 Å². The summed E-state index contributed by atoms with van der Waals surface area (Å²) in [5, 5.41) is 36.3. The van der Waals surface area contributed by atoms with E-state index in [2.05, 4.69) is 10.6 Å². The number of anilines is 2. The van der Waals surface area contributed by atoms with Crippen molar-refractivity contribution in [3.8, 4) is 0 Å². The second kappa shape index (κ2) is 17.7. The predicted molar refractivity (Wildman–Crippen MR) is 161 cm³/mol. The number of aliphatic hydroxyl groups excluding tert-OH is 2. The number of methoxy groups -OCH3 is 1. The molecule has 0 unspecified atom stereocenters. The van der Waals surface area contributed by atoms with E-state index in [9.17, 15) is 29.4 Å². The number of nitrogens with one attached hydrogen (secondary N) is 2. The van der Waals surface area contributed by atoms with Crippen LogP contribution >= 0.6 is 22.7 Å². The van der Waals surface area contributed by atoms with Crippen molar-refractivity contribution in [2.24, 2.45) is 0 Å². The standard InChI is InChI=1S/C27H38N4O7S2.CH2O2/c1-18-16-39-24(26(36)30(8-12-32)9-13-33)22(18)28-20(34)14-31(10-6-4-5-7-11-31)15-21(35)29-23-19(2)17-40-25(23)27(37)38-3;2-1-3/h16-17,32-33H,4-15H2,1-3H3,(H-,28,29,34,35,36,37);1H,(H,2,3). The average Bonchev–Trinajstić information content (AvgIpc) is 3.41. The summed E-state index contributed by atoms with van der Waals surface area (Å²) >= 11 is 2.41. The van der Waals surface area contributed by atoms with Gasteiger partial charge in [-0.15, -0.1) is 22.7 Å². The summed E-state index contributed by atoms with van der Waals surface area (Å²) in [6, 6.07) is 0. The number of carbonyl (C=O) groups excluding carboxylic acids is 5. The number of esters is 1. The number of rotatable bonds is 12. The zero-order valence-corrected chi connectivity index (χ0v) is 26.3. The lowest BCUT2D eigenvalue weighted by Gasteiger charge is -2.36. The third-order valence-electron chi connectivity index (χ3n) is 7.04. The van der Waals surface area contributed by atoms with E-state index in [0.29, 0.717) is 34.2 Å². The molecule has 0 bridgehead atoms. The van der Waals surface area contributed by atoms with Crippen LogP contribution in [0.1, 0.15) is 56.2 Å². The number of carbonyl (C=O) groups is 5. The summed E-state index contributed by atoms with van der Waals surface area (Å²) in [5.41, 5.74) is 2.35. The van der Waals surface area contributed by atoms with Crippen LogP contribution < -0.4 is 15.7 Å². The molecule has 2 aromatic heterocycles. The van der Waals surface area contributed by atoms with Crippen molar-refractivity contribution >= 4 is 64.2 Å². The molecule has 1 fully saturated rings. The number of aliphatic hydroxyl groups is 2. The molecule has 3 amide bonds. The number of amides is 3. The van der Waals surface area contributed by atoms with Crippen molar-refractivity contribution in [1.29, 1.82) is 0 Å². The number of aryl methyl sites for hydroxylation is 2. The highest BCUT2D eigenvalue weighted by Crippen LogP contribution is 2.31. The third kappa shape index (κ3) is 10.1. The van der Waals surface area contributed by atoms with Crippen LogP contribution in [-0.4, -0.2) is 109 Å². The molecule has 3 heterocycles. The Kier molecular flexibility index (Phi) is 14.7. The first-order valence-electron chi connectivity index (χ1n) is 13.8. The van der Waals surface area contributed by atoms with Crippen molar-refractivity contribution in [3.05, 3.63) is 31.6 Å². The highest BCUT2D eigenvalue weighted by molar-refractivity contribution is 7.13. The Hall–Kier alpha value is -3.37. The van der Waals surface area contributed by atoms with E-state index in [1.54, 1.807) is 17.7 Å². The Bertz CT molecular complexity index is 1250. The first kappa shape index (κ1) is 35.8. The van der Waals surface area contributed by atoms with Gasteiger partial charge < -0.3 is 44.9 Å². The minimum atomic E-state index is -0.514. The van der Waals surface area contributed by atoms with Crippen molar-refractivity contribution in [1.82, 2.24) is 4.90 Å². The molecule has 4 N–H and O–H groups in total. The average molecular weight is 641 g/mol. The molecule has 1 saturated heterocycles. The van der Waals surface area contributed by atoms with Gasteiger partial charge in [0, 0.05) is 19.6 Å². The van der Waals surface area contributed by atoms with Crippen LogP contribution in [0.3, 0.4) is 0 Å². The number of hydrogen-bond donors (Lipinski definition) is 4. The summed E-state index contributed by atoms with van der Waals surface area (Å²) in [7, 11) is 1.30. The zero-order valence-electron chi connectivity index (χ0n) is 24.7. The number of nitrogens with zero attached hydrogens (tertiary/aromatic N) is 2. The minimum Gasteiger partial charge on any atom is -0.554 e. The predicted octanol–water partition coefficient (Wildman–Crippen LogP) is 0.974. The second-order valence-corrected chi connectivity index (χ2v) is 11.9. The molecule has 0 aromatic carbocycles. The van der Waals surface area contributed by atoms with E-state index in [1.165, 1.54) is 34.7 Å². The van der Waals surface area contributed by atoms with Gasteiger partial charge >= 0.3 is 5.97 Å². The van der Waals surface area contributed by atoms with Crippen LogP contribution in [0, 0.1) is 13.8 Å². The van der Waals surface area contributed by atoms with Gasteiger partial charge in [-0.1, -0.05) is 0 Å².